The lowest BCUT2D eigenvalue weighted by Crippen LogP contribution is -2.14. The van der Waals surface area contributed by atoms with E-state index < -0.39 is 0 Å². The maximum absolute atomic E-state index is 14.9. The van der Waals surface area contributed by atoms with Gasteiger partial charge >= 0.3 is 0 Å². The van der Waals surface area contributed by atoms with Crippen LogP contribution in [0.4, 0.5) is 10.2 Å². The largest absolute Gasteiger partial charge is 0.482 e. The Labute approximate surface area is 179 Å². The lowest BCUT2D eigenvalue weighted by Gasteiger charge is -2.22. The summed E-state index contributed by atoms with van der Waals surface area (Å²) in [5.74, 6) is 0.458. The van der Waals surface area contributed by atoms with E-state index >= 15 is 0 Å². The number of halogens is 1. The van der Waals surface area contributed by atoms with Gasteiger partial charge in [-0.25, -0.2) is 14.1 Å². The molecule has 7 nitrogen and oxygen atoms in total. The second-order valence-corrected chi connectivity index (χ2v) is 7.79. The highest BCUT2D eigenvalue weighted by Crippen LogP contribution is 2.36. The zero-order valence-electron chi connectivity index (χ0n) is 17.6. The molecule has 3 aromatic heterocycles. The molecule has 1 aliphatic rings. The van der Waals surface area contributed by atoms with E-state index in [1.807, 2.05) is 49.7 Å². The fraction of sp³-hybridized carbons (Fsp3) is 0.261. The van der Waals surface area contributed by atoms with Crippen molar-refractivity contribution >= 4 is 5.82 Å². The smallest absolute Gasteiger partial charge is 0.166 e. The van der Waals surface area contributed by atoms with Crippen LogP contribution in [0.1, 0.15) is 42.3 Å². The molecule has 2 bridgehead atoms. The number of pyridine rings is 1. The molecule has 158 valence electrons. The van der Waals surface area contributed by atoms with E-state index in [0.717, 1.165) is 33.6 Å². The van der Waals surface area contributed by atoms with Crippen molar-refractivity contribution in [2.75, 3.05) is 5.73 Å². The van der Waals surface area contributed by atoms with Crippen molar-refractivity contribution in [3.05, 3.63) is 71.1 Å². The number of fused-ring (bicyclic) bond motifs is 7. The van der Waals surface area contributed by atoms with Crippen molar-refractivity contribution < 1.29 is 9.13 Å². The van der Waals surface area contributed by atoms with Gasteiger partial charge in [-0.2, -0.15) is 10.2 Å². The maximum atomic E-state index is 14.9. The lowest BCUT2D eigenvalue weighted by molar-refractivity contribution is 0.227. The third-order valence-corrected chi connectivity index (χ3v) is 5.70. The molecule has 0 aliphatic carbocycles. The molecule has 1 aliphatic heterocycles. The van der Waals surface area contributed by atoms with Crippen molar-refractivity contribution in [1.29, 1.82) is 0 Å². The summed E-state index contributed by atoms with van der Waals surface area (Å²) >= 11 is 0. The summed E-state index contributed by atoms with van der Waals surface area (Å²) in [5, 5.41) is 8.86. The number of hydrogen-bond acceptors (Lipinski definition) is 5. The average molecular weight is 418 g/mol. The number of ether oxygens (including phenoxy) is 1. The Hall–Kier alpha value is -3.68. The molecule has 8 heteroatoms. The van der Waals surface area contributed by atoms with Crippen molar-refractivity contribution in [3.63, 3.8) is 0 Å². The molecule has 0 saturated heterocycles. The van der Waals surface area contributed by atoms with E-state index in [1.54, 1.807) is 17.1 Å². The molecule has 0 radical (unpaired) electrons. The van der Waals surface area contributed by atoms with Crippen LogP contribution in [0.2, 0.25) is 0 Å². The predicted octanol–water partition coefficient (Wildman–Crippen LogP) is 4.22. The minimum atomic E-state index is -0.358. The van der Waals surface area contributed by atoms with Gasteiger partial charge in [-0.3, -0.25) is 4.68 Å². The number of aromatic nitrogens is 5. The number of nitrogens with zero attached hydrogens (tertiary/aromatic N) is 5. The zero-order valence-corrected chi connectivity index (χ0v) is 17.6. The summed E-state index contributed by atoms with van der Waals surface area (Å²) in [5.41, 5.74) is 11.9. The first-order valence-corrected chi connectivity index (χ1v) is 10.3. The van der Waals surface area contributed by atoms with Crippen LogP contribution < -0.4 is 10.5 Å². The molecule has 1 aromatic carbocycles. The van der Waals surface area contributed by atoms with Gasteiger partial charge in [0.2, 0.25) is 0 Å². The van der Waals surface area contributed by atoms with Gasteiger partial charge in [0.15, 0.2) is 17.4 Å². The van der Waals surface area contributed by atoms with Crippen molar-refractivity contribution in [3.8, 4) is 22.7 Å². The van der Waals surface area contributed by atoms with Crippen LogP contribution in [0.15, 0.2) is 42.9 Å². The Morgan fingerprint density at radius 3 is 2.84 bits per heavy atom. The van der Waals surface area contributed by atoms with Gasteiger partial charge in [0, 0.05) is 35.9 Å². The molecule has 5 rings (SSSR count). The van der Waals surface area contributed by atoms with Crippen molar-refractivity contribution in [1.82, 2.24) is 24.5 Å². The first-order valence-electron chi connectivity index (χ1n) is 10.3. The topological polar surface area (TPSA) is 83.8 Å². The number of nitrogens with two attached hydrogens (primary N) is 1. The van der Waals surface area contributed by atoms with Crippen LogP contribution in [0.25, 0.3) is 16.9 Å². The Kier molecular flexibility index (Phi) is 4.50. The minimum Gasteiger partial charge on any atom is -0.482 e. The Balaban J connectivity index is 1.82. The molecule has 0 fully saturated rings. The number of hydrogen-bond donors (Lipinski definition) is 1. The molecular weight excluding hydrogens is 395 g/mol. The summed E-state index contributed by atoms with van der Waals surface area (Å²) in [6, 6.07) is 7.85. The van der Waals surface area contributed by atoms with Crippen molar-refractivity contribution in [2.24, 2.45) is 0 Å². The highest BCUT2D eigenvalue weighted by molar-refractivity contribution is 5.68. The standard InChI is InChI=1S/C23H23FN6O/c1-4-29-22-15(11-27-29)8-20-18(24)12-28-30(20)19-6-5-13(2)7-17(19)14(3)31-21-9-16(22)10-26-23(21)25/h5-7,9-12,14H,4,8H2,1-3H3,(H2,25,26)/t14-/m1/s1. The highest BCUT2D eigenvalue weighted by Gasteiger charge is 2.24. The first kappa shape index (κ1) is 19.3. The molecular formula is C23H23FN6O. The fourth-order valence-electron chi connectivity index (χ4n) is 4.15. The zero-order chi connectivity index (χ0) is 21.7. The SMILES string of the molecule is CCn1ncc2c1-c1cnc(N)c(c1)O[C@H](C)c1cc(C)ccc1-n1ncc(F)c1C2. The van der Waals surface area contributed by atoms with Crippen LogP contribution >= 0.6 is 0 Å². The van der Waals surface area contributed by atoms with Gasteiger partial charge in [0.05, 0.1) is 29.5 Å². The van der Waals surface area contributed by atoms with Crippen LogP contribution in [0, 0.1) is 12.7 Å². The first-order chi connectivity index (χ1) is 15.0. The summed E-state index contributed by atoms with van der Waals surface area (Å²) in [6.45, 7) is 6.63. The predicted molar refractivity (Wildman–Crippen MR) is 116 cm³/mol. The number of anilines is 1. The summed E-state index contributed by atoms with van der Waals surface area (Å²) < 4.78 is 24.7. The van der Waals surface area contributed by atoms with Crippen LogP contribution in [-0.4, -0.2) is 24.5 Å². The van der Waals surface area contributed by atoms with Gasteiger partial charge in [0.25, 0.3) is 0 Å². The molecule has 0 unspecified atom stereocenters. The summed E-state index contributed by atoms with van der Waals surface area (Å²) in [7, 11) is 0. The minimum absolute atomic E-state index is 0.316. The fourth-order valence-corrected chi connectivity index (χ4v) is 4.15. The van der Waals surface area contributed by atoms with E-state index in [0.29, 0.717) is 30.2 Å². The van der Waals surface area contributed by atoms with Gasteiger partial charge < -0.3 is 10.5 Å². The molecule has 2 N–H and O–H groups in total. The Bertz CT molecular complexity index is 1290. The van der Waals surface area contributed by atoms with Crippen molar-refractivity contribution in [2.45, 2.75) is 39.8 Å². The van der Waals surface area contributed by atoms with E-state index in [4.69, 9.17) is 10.5 Å². The number of nitrogen functional groups attached to an aromatic ring is 1. The molecule has 31 heavy (non-hydrogen) atoms. The quantitative estimate of drug-likeness (QED) is 0.500. The molecule has 1 atom stereocenters. The van der Waals surface area contributed by atoms with Crippen LogP contribution in [-0.2, 0) is 13.0 Å². The Morgan fingerprint density at radius 2 is 2.03 bits per heavy atom. The van der Waals surface area contributed by atoms with Crippen LogP contribution in [0.5, 0.6) is 5.75 Å². The molecule has 4 heterocycles. The normalized spacial score (nSPS) is 15.2. The lowest BCUT2D eigenvalue weighted by atomic mass is 10.0. The number of aryl methyl sites for hydroxylation is 2. The van der Waals surface area contributed by atoms with Crippen LogP contribution in [0.3, 0.4) is 0 Å². The molecule has 0 spiro atoms. The summed E-state index contributed by atoms with van der Waals surface area (Å²) in [4.78, 5) is 4.36. The van der Waals surface area contributed by atoms with Gasteiger partial charge in [0.1, 0.15) is 6.10 Å². The van der Waals surface area contributed by atoms with Gasteiger partial charge in [-0.15, -0.1) is 0 Å². The maximum Gasteiger partial charge on any atom is 0.166 e. The third-order valence-electron chi connectivity index (χ3n) is 5.70. The Morgan fingerprint density at radius 1 is 1.19 bits per heavy atom. The number of benzene rings is 1. The van der Waals surface area contributed by atoms with E-state index in [2.05, 4.69) is 15.2 Å². The van der Waals surface area contributed by atoms with E-state index in [1.165, 1.54) is 6.20 Å². The second kappa shape index (κ2) is 7.23. The number of rotatable bonds is 1. The molecule has 0 amide bonds. The second-order valence-electron chi connectivity index (χ2n) is 7.79. The van der Waals surface area contributed by atoms with E-state index in [9.17, 15) is 4.39 Å². The van der Waals surface area contributed by atoms with E-state index in [-0.39, 0.29) is 11.9 Å². The monoisotopic (exact) mass is 418 g/mol. The third kappa shape index (κ3) is 3.15. The highest BCUT2D eigenvalue weighted by atomic mass is 19.1. The molecule has 0 saturated carbocycles. The van der Waals surface area contributed by atoms with Gasteiger partial charge in [-0.1, -0.05) is 17.7 Å². The van der Waals surface area contributed by atoms with Gasteiger partial charge in [-0.05, 0) is 32.9 Å². The average Bonchev–Trinajstić information content (AvgIpc) is 3.33. The molecule has 4 aromatic rings. The summed E-state index contributed by atoms with van der Waals surface area (Å²) in [6.07, 6.45) is 4.72.